The van der Waals surface area contributed by atoms with Gasteiger partial charge in [0.15, 0.2) is 0 Å². The summed E-state index contributed by atoms with van der Waals surface area (Å²) >= 11 is -4.41. The predicted molar refractivity (Wildman–Crippen MR) is 28.6 cm³/mol. The van der Waals surface area contributed by atoms with Crippen LogP contribution in [-0.2, 0) is 11.3 Å². The summed E-state index contributed by atoms with van der Waals surface area (Å²) in [5.41, 5.74) is 0. The van der Waals surface area contributed by atoms with Crippen LogP contribution in [0.1, 0.15) is 0 Å². The first-order valence-corrected chi connectivity index (χ1v) is 3.13. The maximum absolute atomic E-state index is 11.3. The molecule has 2 radical (unpaired) electrons. The van der Waals surface area contributed by atoms with Crippen LogP contribution in [0.2, 0.25) is 0 Å². The fraction of sp³-hybridized carbons (Fsp3) is 1.00. The molecule has 0 aliphatic rings. The van der Waals surface area contributed by atoms with Crippen LogP contribution in [0.25, 0.3) is 0 Å². The van der Waals surface area contributed by atoms with Gasteiger partial charge in [-0.25, -0.2) is 0 Å². The molecule has 1 unspecified atom stereocenters. The van der Waals surface area contributed by atoms with E-state index in [0.29, 0.717) is 0 Å². The van der Waals surface area contributed by atoms with Crippen molar-refractivity contribution in [3.63, 3.8) is 0 Å². The van der Waals surface area contributed by atoms with E-state index in [9.17, 15) is 35.1 Å². The number of rotatable bonds is 1. The van der Waals surface area contributed by atoms with Crippen LogP contribution in [0.15, 0.2) is 0 Å². The van der Waals surface area contributed by atoms with Crippen LogP contribution in [-0.4, -0.2) is 63.4 Å². The van der Waals surface area contributed by atoms with Gasteiger partial charge in [0, 0.05) is 49.0 Å². The molecule has 0 aliphatic heterocycles. The van der Waals surface area contributed by atoms with Crippen molar-refractivity contribution in [3.8, 4) is 0 Å². The van der Waals surface area contributed by atoms with Gasteiger partial charge in [0.2, 0.25) is 0 Å². The Balaban J connectivity index is 0. The van der Waals surface area contributed by atoms with Crippen LogP contribution < -0.4 is 0 Å². The first kappa shape index (κ1) is 16.3. The van der Waals surface area contributed by atoms with Gasteiger partial charge in [0.05, 0.1) is 0 Å². The Morgan fingerprint density at radius 1 is 1.00 bits per heavy atom. The summed E-state index contributed by atoms with van der Waals surface area (Å²) in [6, 6.07) is 0. The minimum Gasteiger partial charge on any atom is -0.759 e. The summed E-state index contributed by atoms with van der Waals surface area (Å²) in [7, 11) is 0. The van der Waals surface area contributed by atoms with E-state index >= 15 is 0 Å². The Kier molecular flexibility index (Phi) is 6.44. The van der Waals surface area contributed by atoms with Gasteiger partial charge in [-0.05, 0) is 4.31 Å². The zero-order valence-electron chi connectivity index (χ0n) is 5.65. The van der Waals surface area contributed by atoms with Gasteiger partial charge < -0.3 is 4.55 Å². The first-order valence-electron chi connectivity index (χ1n) is 2.10. The van der Waals surface area contributed by atoms with E-state index in [-0.39, 0.29) is 37.7 Å². The summed E-state index contributed by atoms with van der Waals surface area (Å²) in [6.07, 6.45) is -12.0. The monoisotopic (exact) mass is 256 g/mol. The number of alkyl halides is 6. The molecule has 0 saturated carbocycles. The number of hydrogen-bond acceptors (Lipinski definition) is 2. The topological polar surface area (TPSA) is 43.4 Å². The predicted octanol–water partition coefficient (Wildman–Crippen LogP) is 0.741. The van der Waals surface area contributed by atoms with Crippen molar-refractivity contribution >= 4 is 49.0 Å². The Morgan fingerprint density at radius 3 is 1.23 bits per heavy atom. The molecule has 13 heavy (non-hydrogen) atoms. The third-order valence-electron chi connectivity index (χ3n) is 0.610. The SMILES string of the molecule is O=S([O-])N(C(F)(F)F)C(F)(F)F.[Ca]. The van der Waals surface area contributed by atoms with E-state index in [4.69, 9.17) is 0 Å². The van der Waals surface area contributed by atoms with Crippen LogP contribution in [0.4, 0.5) is 26.3 Å². The Morgan fingerprint density at radius 2 is 1.23 bits per heavy atom. The third-order valence-corrected chi connectivity index (χ3v) is 1.32. The van der Waals surface area contributed by atoms with Crippen molar-refractivity contribution in [2.75, 3.05) is 0 Å². The molecule has 0 aliphatic carbocycles. The van der Waals surface area contributed by atoms with E-state index in [1.807, 2.05) is 0 Å². The quantitative estimate of drug-likeness (QED) is 0.300. The zero-order valence-corrected chi connectivity index (χ0v) is 8.67. The first-order chi connectivity index (χ1) is 5.07. The molecule has 0 amide bonds. The van der Waals surface area contributed by atoms with E-state index < -0.39 is 28.2 Å². The van der Waals surface area contributed by atoms with Crippen molar-refractivity contribution < 1.29 is 35.1 Å². The molecular weight excluding hydrogens is 256 g/mol. The molecule has 3 nitrogen and oxygen atoms in total. The smallest absolute Gasteiger partial charge is 0.477 e. The normalized spacial score (nSPS) is 15.4. The largest absolute Gasteiger partial charge is 0.759 e. The van der Waals surface area contributed by atoms with Gasteiger partial charge >= 0.3 is 12.6 Å². The maximum Gasteiger partial charge on any atom is 0.477 e. The second-order valence-electron chi connectivity index (χ2n) is 1.45. The van der Waals surface area contributed by atoms with Crippen molar-refractivity contribution in [3.05, 3.63) is 0 Å². The molecule has 0 spiro atoms. The van der Waals surface area contributed by atoms with Crippen molar-refractivity contribution in [2.45, 2.75) is 12.6 Å². The van der Waals surface area contributed by atoms with Crippen LogP contribution in [0.3, 0.4) is 0 Å². The van der Waals surface area contributed by atoms with Gasteiger partial charge in [-0.15, -0.1) is 0 Å². The molecule has 0 heterocycles. The van der Waals surface area contributed by atoms with E-state index in [2.05, 4.69) is 0 Å². The van der Waals surface area contributed by atoms with Crippen LogP contribution in [0.5, 0.6) is 0 Å². The molecule has 76 valence electrons. The summed E-state index contributed by atoms with van der Waals surface area (Å²) < 4.78 is 84.1. The Hall–Kier alpha value is 0.910. The summed E-state index contributed by atoms with van der Waals surface area (Å²) in [6.45, 7) is 0. The van der Waals surface area contributed by atoms with E-state index in [0.717, 1.165) is 0 Å². The molecule has 0 N–H and O–H groups in total. The third kappa shape index (κ3) is 5.37. The zero-order chi connectivity index (χ0) is 10.2. The minimum absolute atomic E-state index is 0. The van der Waals surface area contributed by atoms with Crippen molar-refractivity contribution in [1.29, 1.82) is 0 Å². The van der Waals surface area contributed by atoms with Crippen molar-refractivity contribution in [2.24, 2.45) is 0 Å². The van der Waals surface area contributed by atoms with E-state index in [1.165, 1.54) is 0 Å². The number of nitrogens with zero attached hydrogens (tertiary/aromatic N) is 1. The fourth-order valence-electron chi connectivity index (χ4n) is 0.313. The maximum atomic E-state index is 11.3. The van der Waals surface area contributed by atoms with Gasteiger partial charge in [-0.3, -0.25) is 4.21 Å². The number of hydrogen-bond donors (Lipinski definition) is 0. The molecule has 0 saturated heterocycles. The Bertz CT molecular complexity index is 176. The summed E-state index contributed by atoms with van der Waals surface area (Å²) in [5.74, 6) is 0. The molecule has 0 bridgehead atoms. The molecular formula is C2CaF6NO2S-. The van der Waals surface area contributed by atoms with Crippen LogP contribution >= 0.6 is 0 Å². The minimum atomic E-state index is -5.98. The van der Waals surface area contributed by atoms with Gasteiger partial charge in [-0.1, -0.05) is 0 Å². The fourth-order valence-corrected chi connectivity index (χ4v) is 0.651. The standard InChI is InChI=1S/C2HF6NO2S.Ca/c3-1(4,5)9(12(10)11)2(6,7)8;/h(H,10,11);/p-1. The molecule has 0 fully saturated rings. The summed E-state index contributed by atoms with van der Waals surface area (Å²) in [5, 5.41) is 0. The molecule has 0 rings (SSSR count). The van der Waals surface area contributed by atoms with Gasteiger partial charge in [0.1, 0.15) is 0 Å². The molecule has 0 aromatic heterocycles. The second kappa shape index (κ2) is 5.12. The average molecular weight is 256 g/mol. The molecule has 11 heteroatoms. The molecule has 1 atom stereocenters. The van der Waals surface area contributed by atoms with Crippen molar-refractivity contribution in [1.82, 2.24) is 4.31 Å². The number of halogens is 6. The molecule has 0 aromatic rings. The van der Waals surface area contributed by atoms with Crippen LogP contribution in [0, 0.1) is 0 Å². The van der Waals surface area contributed by atoms with Gasteiger partial charge in [-0.2, -0.15) is 26.3 Å². The second-order valence-corrected chi connectivity index (χ2v) is 2.25. The Labute approximate surface area is 100 Å². The van der Waals surface area contributed by atoms with Gasteiger partial charge in [0.25, 0.3) is 0 Å². The van der Waals surface area contributed by atoms with E-state index in [1.54, 1.807) is 0 Å². The average Bonchev–Trinajstić information content (AvgIpc) is 1.49. The molecule has 0 aromatic carbocycles. The summed E-state index contributed by atoms with van der Waals surface area (Å²) in [4.78, 5) is 0.